The Hall–Kier alpha value is -2.55. The van der Waals surface area contributed by atoms with Crippen molar-refractivity contribution in [2.45, 2.75) is 48.2 Å². The van der Waals surface area contributed by atoms with Crippen LogP contribution < -0.4 is 0 Å². The normalized spacial score (nSPS) is 25.9. The summed E-state index contributed by atoms with van der Waals surface area (Å²) in [6, 6.07) is 18.1. The van der Waals surface area contributed by atoms with Crippen molar-refractivity contribution in [3.63, 3.8) is 0 Å². The van der Waals surface area contributed by atoms with Gasteiger partial charge in [-0.2, -0.15) is 0 Å². The van der Waals surface area contributed by atoms with Gasteiger partial charge in [0.15, 0.2) is 6.10 Å². The zero-order valence-electron chi connectivity index (χ0n) is 16.4. The van der Waals surface area contributed by atoms with Crippen LogP contribution in [0.4, 0.5) is 0 Å². The molecule has 1 fully saturated rings. The lowest BCUT2D eigenvalue weighted by molar-refractivity contribution is -0.198. The standard InChI is InChI=1S/C21H23N3O5S/c1-14(25)28-20-17(13-27-12-15-8-4-2-5-9-15)29-21(18(19(20)26)23-24-22)30-16-10-6-3-7-11-16/h2-11,17-21,26H,12-13H2,1H3/t17-,18-,19-,20-,21+/m1/s1. The highest BCUT2D eigenvalue weighted by atomic mass is 32.2. The van der Waals surface area contributed by atoms with E-state index in [0.29, 0.717) is 6.61 Å². The van der Waals surface area contributed by atoms with Crippen molar-refractivity contribution in [3.8, 4) is 0 Å². The summed E-state index contributed by atoms with van der Waals surface area (Å²) in [6.45, 7) is 1.70. The molecule has 1 aliphatic rings. The van der Waals surface area contributed by atoms with Crippen LogP contribution in [0, 0.1) is 0 Å². The monoisotopic (exact) mass is 429 g/mol. The van der Waals surface area contributed by atoms with E-state index in [1.165, 1.54) is 18.7 Å². The molecule has 0 aliphatic carbocycles. The largest absolute Gasteiger partial charge is 0.457 e. The Morgan fingerprint density at radius 2 is 1.87 bits per heavy atom. The molecule has 2 aromatic rings. The molecule has 5 atom stereocenters. The van der Waals surface area contributed by atoms with Gasteiger partial charge in [0.1, 0.15) is 23.7 Å². The number of azide groups is 1. The fourth-order valence-electron chi connectivity index (χ4n) is 3.16. The van der Waals surface area contributed by atoms with E-state index >= 15 is 0 Å². The van der Waals surface area contributed by atoms with Crippen LogP contribution in [-0.4, -0.2) is 47.5 Å². The van der Waals surface area contributed by atoms with Gasteiger partial charge in [0.2, 0.25) is 0 Å². The molecule has 1 saturated heterocycles. The number of hydrogen-bond acceptors (Lipinski definition) is 7. The first-order chi connectivity index (χ1) is 14.6. The van der Waals surface area contributed by atoms with Gasteiger partial charge in [-0.25, -0.2) is 0 Å². The molecule has 0 unspecified atom stereocenters. The second-order valence-electron chi connectivity index (χ2n) is 6.73. The fourth-order valence-corrected chi connectivity index (χ4v) is 4.29. The Bertz CT molecular complexity index is 863. The second kappa shape index (κ2) is 11.0. The molecular formula is C21H23N3O5S. The Labute approximate surface area is 178 Å². The maximum Gasteiger partial charge on any atom is 0.303 e. The molecule has 1 heterocycles. The average molecular weight is 429 g/mol. The zero-order valence-corrected chi connectivity index (χ0v) is 17.2. The van der Waals surface area contributed by atoms with Gasteiger partial charge < -0.3 is 19.3 Å². The van der Waals surface area contributed by atoms with Crippen LogP contribution in [0.1, 0.15) is 12.5 Å². The van der Waals surface area contributed by atoms with Crippen molar-refractivity contribution in [1.29, 1.82) is 0 Å². The number of esters is 1. The van der Waals surface area contributed by atoms with Crippen LogP contribution in [-0.2, 0) is 25.6 Å². The first-order valence-corrected chi connectivity index (χ1v) is 10.3. The molecule has 30 heavy (non-hydrogen) atoms. The van der Waals surface area contributed by atoms with E-state index in [4.69, 9.17) is 19.7 Å². The molecule has 1 N–H and O–H groups in total. The number of carbonyl (C=O) groups is 1. The summed E-state index contributed by atoms with van der Waals surface area (Å²) in [4.78, 5) is 15.3. The lowest BCUT2D eigenvalue weighted by Crippen LogP contribution is -2.58. The Morgan fingerprint density at radius 1 is 1.20 bits per heavy atom. The summed E-state index contributed by atoms with van der Waals surface area (Å²) >= 11 is 1.33. The molecule has 0 bridgehead atoms. The predicted octanol–water partition coefficient (Wildman–Crippen LogP) is 3.69. The molecule has 0 amide bonds. The molecule has 0 spiro atoms. The SMILES string of the molecule is CC(=O)O[C@H]1[C@H](O)[C@@H](N=[N+]=[N-])[C@H](Sc2ccccc2)O[C@@H]1COCc1ccccc1. The summed E-state index contributed by atoms with van der Waals surface area (Å²) in [5, 5.41) is 14.6. The minimum atomic E-state index is -1.23. The summed E-state index contributed by atoms with van der Waals surface area (Å²) in [7, 11) is 0. The molecule has 3 rings (SSSR count). The van der Waals surface area contributed by atoms with Gasteiger partial charge >= 0.3 is 5.97 Å². The lowest BCUT2D eigenvalue weighted by Gasteiger charge is -2.42. The van der Waals surface area contributed by atoms with Crippen molar-refractivity contribution >= 4 is 17.7 Å². The van der Waals surface area contributed by atoms with Crippen LogP contribution in [0.25, 0.3) is 10.4 Å². The molecule has 0 saturated carbocycles. The number of rotatable bonds is 8. The Morgan fingerprint density at radius 3 is 2.50 bits per heavy atom. The number of thioether (sulfide) groups is 1. The van der Waals surface area contributed by atoms with E-state index in [1.54, 1.807) is 0 Å². The molecular weight excluding hydrogens is 406 g/mol. The van der Waals surface area contributed by atoms with E-state index in [1.807, 2.05) is 60.7 Å². The number of ether oxygens (including phenoxy) is 3. The molecule has 8 nitrogen and oxygen atoms in total. The molecule has 0 radical (unpaired) electrons. The smallest absolute Gasteiger partial charge is 0.303 e. The topological polar surface area (TPSA) is 114 Å². The highest BCUT2D eigenvalue weighted by Gasteiger charge is 2.47. The number of carbonyl (C=O) groups excluding carboxylic acids is 1. The minimum Gasteiger partial charge on any atom is -0.457 e. The van der Waals surface area contributed by atoms with Gasteiger partial charge in [-0.1, -0.05) is 65.4 Å². The fraction of sp³-hybridized carbons (Fsp3) is 0.381. The Balaban J connectivity index is 1.76. The molecule has 2 aromatic carbocycles. The summed E-state index contributed by atoms with van der Waals surface area (Å²) < 4.78 is 17.2. The number of aliphatic hydroxyl groups is 1. The van der Waals surface area contributed by atoms with Crippen molar-refractivity contribution < 1.29 is 24.1 Å². The van der Waals surface area contributed by atoms with Gasteiger partial charge in [-0.05, 0) is 23.2 Å². The average Bonchev–Trinajstić information content (AvgIpc) is 2.75. The summed E-state index contributed by atoms with van der Waals surface area (Å²) in [6.07, 6.45) is -2.97. The Kier molecular flexibility index (Phi) is 8.12. The van der Waals surface area contributed by atoms with E-state index in [2.05, 4.69) is 10.0 Å². The second-order valence-corrected chi connectivity index (χ2v) is 7.91. The number of nitrogens with zero attached hydrogens (tertiary/aromatic N) is 3. The van der Waals surface area contributed by atoms with Crippen LogP contribution in [0.5, 0.6) is 0 Å². The van der Waals surface area contributed by atoms with E-state index in [0.717, 1.165) is 10.5 Å². The number of hydrogen-bond donors (Lipinski definition) is 1. The first-order valence-electron chi connectivity index (χ1n) is 9.47. The maximum atomic E-state index is 11.6. The molecule has 158 valence electrons. The van der Waals surface area contributed by atoms with Crippen molar-refractivity contribution in [3.05, 3.63) is 76.7 Å². The quantitative estimate of drug-likeness (QED) is 0.296. The van der Waals surface area contributed by atoms with Crippen LogP contribution in [0.3, 0.4) is 0 Å². The minimum absolute atomic E-state index is 0.0960. The number of aliphatic hydroxyl groups excluding tert-OH is 1. The molecule has 0 aromatic heterocycles. The van der Waals surface area contributed by atoms with Crippen molar-refractivity contribution in [2.75, 3.05) is 6.61 Å². The van der Waals surface area contributed by atoms with Crippen LogP contribution in [0.2, 0.25) is 0 Å². The van der Waals surface area contributed by atoms with Gasteiger partial charge in [0, 0.05) is 16.7 Å². The highest BCUT2D eigenvalue weighted by molar-refractivity contribution is 7.99. The third-order valence-electron chi connectivity index (χ3n) is 4.52. The third kappa shape index (κ3) is 5.98. The molecule has 9 heteroatoms. The van der Waals surface area contributed by atoms with Crippen LogP contribution in [0.15, 0.2) is 70.7 Å². The lowest BCUT2D eigenvalue weighted by atomic mass is 9.98. The van der Waals surface area contributed by atoms with Gasteiger partial charge in [0.25, 0.3) is 0 Å². The van der Waals surface area contributed by atoms with Crippen LogP contribution >= 0.6 is 11.8 Å². The highest BCUT2D eigenvalue weighted by Crippen LogP contribution is 2.36. The van der Waals surface area contributed by atoms with Gasteiger partial charge in [0.05, 0.1) is 13.2 Å². The van der Waals surface area contributed by atoms with E-state index in [-0.39, 0.29) is 6.61 Å². The molecule has 1 aliphatic heterocycles. The zero-order chi connectivity index (χ0) is 21.3. The predicted molar refractivity (Wildman–Crippen MR) is 112 cm³/mol. The third-order valence-corrected chi connectivity index (χ3v) is 5.68. The maximum absolute atomic E-state index is 11.6. The number of benzene rings is 2. The summed E-state index contributed by atoms with van der Waals surface area (Å²) in [5.74, 6) is -0.565. The van der Waals surface area contributed by atoms with E-state index < -0.39 is 35.8 Å². The van der Waals surface area contributed by atoms with Gasteiger partial charge in [-0.15, -0.1) is 0 Å². The van der Waals surface area contributed by atoms with E-state index in [9.17, 15) is 9.90 Å². The first kappa shape index (κ1) is 22.1. The van der Waals surface area contributed by atoms with Crippen molar-refractivity contribution in [2.24, 2.45) is 5.11 Å². The summed E-state index contributed by atoms with van der Waals surface area (Å²) in [5.41, 5.74) is 9.29. The van der Waals surface area contributed by atoms with Crippen molar-refractivity contribution in [1.82, 2.24) is 0 Å². The van der Waals surface area contributed by atoms with Gasteiger partial charge in [-0.3, -0.25) is 4.79 Å².